The first-order valence-corrected chi connectivity index (χ1v) is 9.98. The zero-order chi connectivity index (χ0) is 20.8. The van der Waals surface area contributed by atoms with Crippen LogP contribution in [0, 0.1) is 0 Å². The van der Waals surface area contributed by atoms with Crippen molar-refractivity contribution < 1.29 is 14.3 Å². The van der Waals surface area contributed by atoms with Gasteiger partial charge in [-0.25, -0.2) is 0 Å². The molecular weight excluding hydrogens is 386 g/mol. The number of allylic oxidation sites excluding steroid dienone is 1. The van der Waals surface area contributed by atoms with Crippen LogP contribution < -0.4 is 25.4 Å². The molecule has 7 heteroatoms. The molecular formula is C22H25N3O3S. The third kappa shape index (κ3) is 4.86. The fourth-order valence-electron chi connectivity index (χ4n) is 3.21. The molecule has 0 fully saturated rings. The largest absolute Gasteiger partial charge is 0.490 e. The second kappa shape index (κ2) is 9.43. The highest BCUT2D eigenvalue weighted by Crippen LogP contribution is 2.34. The average Bonchev–Trinajstić information content (AvgIpc) is 2.69. The van der Waals surface area contributed by atoms with E-state index in [0.717, 1.165) is 11.3 Å². The van der Waals surface area contributed by atoms with Crippen molar-refractivity contribution in [3.8, 4) is 11.5 Å². The number of para-hydroxylation sites is 1. The number of amides is 1. The van der Waals surface area contributed by atoms with Crippen LogP contribution in [0.2, 0.25) is 0 Å². The Morgan fingerprint density at radius 1 is 1.07 bits per heavy atom. The van der Waals surface area contributed by atoms with Gasteiger partial charge in [0.1, 0.15) is 0 Å². The number of ether oxygens (including phenoxy) is 2. The van der Waals surface area contributed by atoms with Crippen LogP contribution in [0.5, 0.6) is 11.5 Å². The summed E-state index contributed by atoms with van der Waals surface area (Å²) >= 11 is 5.34. The lowest BCUT2D eigenvalue weighted by atomic mass is 9.94. The van der Waals surface area contributed by atoms with E-state index >= 15 is 0 Å². The van der Waals surface area contributed by atoms with Gasteiger partial charge in [0.15, 0.2) is 16.6 Å². The lowest BCUT2D eigenvalue weighted by Crippen LogP contribution is -2.45. The third-order valence-corrected chi connectivity index (χ3v) is 4.67. The highest BCUT2D eigenvalue weighted by Gasteiger charge is 2.30. The van der Waals surface area contributed by atoms with E-state index in [1.807, 2.05) is 69.3 Å². The van der Waals surface area contributed by atoms with Crippen molar-refractivity contribution in [1.29, 1.82) is 0 Å². The van der Waals surface area contributed by atoms with E-state index in [2.05, 4.69) is 16.0 Å². The average molecular weight is 412 g/mol. The topological polar surface area (TPSA) is 71.6 Å². The zero-order valence-corrected chi connectivity index (χ0v) is 17.6. The second-order valence-corrected chi connectivity index (χ2v) is 6.87. The molecule has 0 aliphatic carbocycles. The molecule has 3 rings (SSSR count). The lowest BCUT2D eigenvalue weighted by Gasteiger charge is -2.30. The van der Waals surface area contributed by atoms with Crippen molar-refractivity contribution in [3.05, 3.63) is 65.4 Å². The Labute approximate surface area is 176 Å². The Morgan fingerprint density at radius 3 is 2.45 bits per heavy atom. The van der Waals surface area contributed by atoms with Crippen molar-refractivity contribution in [2.45, 2.75) is 26.8 Å². The SMILES string of the molecule is CCOc1ccc([C@H]2NC(=S)NC(C)=C2C(=O)Nc2ccccc2)cc1OCC. The Hall–Kier alpha value is -3.06. The summed E-state index contributed by atoms with van der Waals surface area (Å²) in [5.74, 6) is 1.11. The molecule has 1 aliphatic heterocycles. The Morgan fingerprint density at radius 2 is 1.76 bits per heavy atom. The standard InChI is InChI=1S/C22H25N3O3S/c1-4-27-17-12-11-15(13-18(17)28-5-2)20-19(14(3)23-22(29)25-20)21(26)24-16-9-7-6-8-10-16/h6-13,20H,4-5H2,1-3H3,(H,24,26)(H2,23,25,29)/t20-/m1/s1. The number of carbonyl (C=O) groups is 1. The van der Waals surface area contributed by atoms with E-state index in [9.17, 15) is 4.79 Å². The van der Waals surface area contributed by atoms with Gasteiger partial charge in [-0.1, -0.05) is 24.3 Å². The number of anilines is 1. The highest BCUT2D eigenvalue weighted by molar-refractivity contribution is 7.80. The van der Waals surface area contributed by atoms with Gasteiger partial charge in [-0.05, 0) is 62.8 Å². The van der Waals surface area contributed by atoms with E-state index in [0.29, 0.717) is 41.1 Å². The van der Waals surface area contributed by atoms with Gasteiger partial charge in [-0.3, -0.25) is 4.79 Å². The van der Waals surface area contributed by atoms with Gasteiger partial charge in [-0.15, -0.1) is 0 Å². The van der Waals surface area contributed by atoms with E-state index < -0.39 is 6.04 Å². The van der Waals surface area contributed by atoms with Gasteiger partial charge < -0.3 is 25.4 Å². The Kier molecular flexibility index (Phi) is 6.72. The van der Waals surface area contributed by atoms with Crippen molar-refractivity contribution in [2.24, 2.45) is 0 Å². The van der Waals surface area contributed by atoms with Crippen LogP contribution in [-0.2, 0) is 4.79 Å². The molecule has 0 saturated carbocycles. The van der Waals surface area contributed by atoms with Crippen LogP contribution in [0.1, 0.15) is 32.4 Å². The maximum atomic E-state index is 13.1. The minimum atomic E-state index is -0.414. The molecule has 0 unspecified atom stereocenters. The predicted octanol–water partition coefficient (Wildman–Crippen LogP) is 3.92. The van der Waals surface area contributed by atoms with Crippen LogP contribution in [0.25, 0.3) is 0 Å². The summed E-state index contributed by atoms with van der Waals surface area (Å²) in [6.07, 6.45) is 0. The first-order chi connectivity index (χ1) is 14.0. The Balaban J connectivity index is 1.97. The van der Waals surface area contributed by atoms with Gasteiger partial charge in [0.05, 0.1) is 24.8 Å². The molecule has 0 spiro atoms. The van der Waals surface area contributed by atoms with Gasteiger partial charge in [0.25, 0.3) is 5.91 Å². The fourth-order valence-corrected chi connectivity index (χ4v) is 3.48. The number of rotatable bonds is 7. The van der Waals surface area contributed by atoms with Crippen LogP contribution in [0.4, 0.5) is 5.69 Å². The molecule has 0 bridgehead atoms. The quantitative estimate of drug-likeness (QED) is 0.600. The molecule has 29 heavy (non-hydrogen) atoms. The summed E-state index contributed by atoms with van der Waals surface area (Å²) in [6, 6.07) is 14.6. The van der Waals surface area contributed by atoms with Crippen molar-refractivity contribution in [3.63, 3.8) is 0 Å². The second-order valence-electron chi connectivity index (χ2n) is 6.46. The molecule has 6 nitrogen and oxygen atoms in total. The van der Waals surface area contributed by atoms with Gasteiger partial charge in [-0.2, -0.15) is 0 Å². The van der Waals surface area contributed by atoms with E-state index in [-0.39, 0.29) is 5.91 Å². The normalized spacial score (nSPS) is 16.0. The predicted molar refractivity (Wildman–Crippen MR) is 118 cm³/mol. The molecule has 0 saturated heterocycles. The number of hydrogen-bond donors (Lipinski definition) is 3. The van der Waals surface area contributed by atoms with Crippen LogP contribution in [-0.4, -0.2) is 24.2 Å². The summed E-state index contributed by atoms with van der Waals surface area (Å²) < 4.78 is 11.4. The van der Waals surface area contributed by atoms with Crippen molar-refractivity contribution in [2.75, 3.05) is 18.5 Å². The number of benzene rings is 2. The smallest absolute Gasteiger partial charge is 0.255 e. The highest BCUT2D eigenvalue weighted by atomic mass is 32.1. The maximum absolute atomic E-state index is 13.1. The first-order valence-electron chi connectivity index (χ1n) is 9.57. The van der Waals surface area contributed by atoms with Gasteiger partial charge in [0, 0.05) is 11.4 Å². The molecule has 1 heterocycles. The molecule has 1 atom stereocenters. The summed E-state index contributed by atoms with van der Waals surface area (Å²) in [5, 5.41) is 9.68. The van der Waals surface area contributed by atoms with Crippen LogP contribution in [0.15, 0.2) is 59.8 Å². The minimum Gasteiger partial charge on any atom is -0.490 e. The van der Waals surface area contributed by atoms with Crippen molar-refractivity contribution in [1.82, 2.24) is 10.6 Å². The molecule has 0 radical (unpaired) electrons. The number of carbonyl (C=O) groups excluding carboxylic acids is 1. The minimum absolute atomic E-state index is 0.201. The molecule has 1 aliphatic rings. The third-order valence-electron chi connectivity index (χ3n) is 4.45. The maximum Gasteiger partial charge on any atom is 0.255 e. The monoisotopic (exact) mass is 411 g/mol. The van der Waals surface area contributed by atoms with Gasteiger partial charge in [0.2, 0.25) is 0 Å². The number of thiocarbonyl (C=S) groups is 1. The zero-order valence-electron chi connectivity index (χ0n) is 16.7. The summed E-state index contributed by atoms with van der Waals surface area (Å²) in [7, 11) is 0. The Bertz CT molecular complexity index is 928. The van der Waals surface area contributed by atoms with Gasteiger partial charge >= 0.3 is 0 Å². The molecule has 152 valence electrons. The number of hydrogen-bond acceptors (Lipinski definition) is 4. The number of nitrogens with one attached hydrogen (secondary N) is 3. The molecule has 0 aromatic heterocycles. The first kappa shape index (κ1) is 20.7. The van der Waals surface area contributed by atoms with E-state index in [1.165, 1.54) is 0 Å². The van der Waals surface area contributed by atoms with Crippen molar-refractivity contribution >= 4 is 28.9 Å². The summed E-state index contributed by atoms with van der Waals surface area (Å²) in [5.41, 5.74) is 2.86. The van der Waals surface area contributed by atoms with Crippen LogP contribution >= 0.6 is 12.2 Å². The fraction of sp³-hybridized carbons (Fsp3) is 0.273. The lowest BCUT2D eigenvalue weighted by molar-refractivity contribution is -0.113. The molecule has 2 aromatic rings. The van der Waals surface area contributed by atoms with E-state index in [4.69, 9.17) is 21.7 Å². The molecule has 3 N–H and O–H groups in total. The molecule has 2 aromatic carbocycles. The van der Waals surface area contributed by atoms with E-state index in [1.54, 1.807) is 0 Å². The summed E-state index contributed by atoms with van der Waals surface area (Å²) in [6.45, 7) is 6.74. The summed E-state index contributed by atoms with van der Waals surface area (Å²) in [4.78, 5) is 13.1. The van der Waals surface area contributed by atoms with Crippen LogP contribution in [0.3, 0.4) is 0 Å². The molecule has 1 amide bonds.